The van der Waals surface area contributed by atoms with Crippen LogP contribution in [0.2, 0.25) is 0 Å². The van der Waals surface area contributed by atoms with E-state index in [1.807, 2.05) is 55.4 Å². The van der Waals surface area contributed by atoms with Gasteiger partial charge in [-0.05, 0) is 37.4 Å². The van der Waals surface area contributed by atoms with Gasteiger partial charge < -0.3 is 20.4 Å². The van der Waals surface area contributed by atoms with Gasteiger partial charge in [0, 0.05) is 33.1 Å². The molecule has 0 heterocycles. The van der Waals surface area contributed by atoms with Gasteiger partial charge >= 0.3 is 6.03 Å². The number of hydrogen-bond acceptors (Lipinski definition) is 3. The van der Waals surface area contributed by atoms with Gasteiger partial charge in [-0.2, -0.15) is 0 Å². The maximum absolute atomic E-state index is 13.5. The molecule has 156 valence electrons. The summed E-state index contributed by atoms with van der Waals surface area (Å²) in [5, 5.41) is 5.61. The minimum absolute atomic E-state index is 0.138. The molecule has 6 nitrogen and oxygen atoms in total. The Kier molecular flexibility index (Phi) is 8.61. The normalized spacial score (nSPS) is 11.8. The molecular formula is C22H29FN4O2. The van der Waals surface area contributed by atoms with E-state index >= 15 is 0 Å². The molecule has 1 atom stereocenters. The molecule has 1 unspecified atom stereocenters. The third kappa shape index (κ3) is 7.54. The van der Waals surface area contributed by atoms with Crippen LogP contribution >= 0.6 is 0 Å². The highest BCUT2D eigenvalue weighted by Gasteiger charge is 2.16. The fourth-order valence-electron chi connectivity index (χ4n) is 2.96. The molecule has 2 N–H and O–H groups in total. The third-order valence-corrected chi connectivity index (χ3v) is 4.59. The van der Waals surface area contributed by atoms with E-state index in [0.29, 0.717) is 13.1 Å². The van der Waals surface area contributed by atoms with Crippen molar-refractivity contribution in [1.29, 1.82) is 0 Å². The quantitative estimate of drug-likeness (QED) is 0.680. The minimum Gasteiger partial charge on any atom is -0.354 e. The van der Waals surface area contributed by atoms with Crippen molar-refractivity contribution in [2.24, 2.45) is 0 Å². The van der Waals surface area contributed by atoms with E-state index < -0.39 is 0 Å². The van der Waals surface area contributed by atoms with Gasteiger partial charge in [0.25, 0.3) is 0 Å². The summed E-state index contributed by atoms with van der Waals surface area (Å²) in [4.78, 5) is 27.8. The standard InChI is InChI=1S/C22H29FN4O2/c1-26(2)20(18-10-7-11-19(23)14-18)15-25-21(28)12-13-24-22(29)27(3)16-17-8-5-4-6-9-17/h4-11,14,20H,12-13,15-16H2,1-3H3,(H,24,29)(H,25,28). The molecule has 0 aromatic heterocycles. The maximum Gasteiger partial charge on any atom is 0.317 e. The van der Waals surface area contributed by atoms with Crippen LogP contribution in [0.5, 0.6) is 0 Å². The van der Waals surface area contributed by atoms with Crippen molar-refractivity contribution in [3.8, 4) is 0 Å². The van der Waals surface area contributed by atoms with Crippen LogP contribution in [0.15, 0.2) is 54.6 Å². The Balaban J connectivity index is 1.73. The van der Waals surface area contributed by atoms with Crippen LogP contribution in [-0.4, -0.2) is 56.0 Å². The number of carbonyl (C=O) groups excluding carboxylic acids is 2. The van der Waals surface area contributed by atoms with Crippen molar-refractivity contribution in [3.63, 3.8) is 0 Å². The summed E-state index contributed by atoms with van der Waals surface area (Å²) in [6.45, 7) is 1.10. The number of halogens is 1. The lowest BCUT2D eigenvalue weighted by atomic mass is 10.1. The lowest BCUT2D eigenvalue weighted by molar-refractivity contribution is -0.121. The van der Waals surface area contributed by atoms with Crippen LogP contribution in [0.3, 0.4) is 0 Å². The second-order valence-electron chi connectivity index (χ2n) is 7.16. The average Bonchev–Trinajstić information content (AvgIpc) is 2.68. The predicted molar refractivity (Wildman–Crippen MR) is 112 cm³/mol. The number of carbonyl (C=O) groups is 2. The van der Waals surface area contributed by atoms with Crippen molar-refractivity contribution >= 4 is 11.9 Å². The first-order valence-electron chi connectivity index (χ1n) is 9.58. The smallest absolute Gasteiger partial charge is 0.317 e. The number of nitrogens with zero attached hydrogens (tertiary/aromatic N) is 2. The molecule has 2 rings (SSSR count). The highest BCUT2D eigenvalue weighted by atomic mass is 19.1. The summed E-state index contributed by atoms with van der Waals surface area (Å²) in [5.74, 6) is -0.470. The molecule has 0 saturated carbocycles. The Morgan fingerprint density at radius 3 is 2.38 bits per heavy atom. The number of hydrogen-bond donors (Lipinski definition) is 2. The molecular weight excluding hydrogens is 371 g/mol. The minimum atomic E-state index is -0.303. The fourth-order valence-corrected chi connectivity index (χ4v) is 2.96. The molecule has 3 amide bonds. The van der Waals surface area contributed by atoms with E-state index in [-0.39, 0.29) is 36.8 Å². The molecule has 29 heavy (non-hydrogen) atoms. The van der Waals surface area contributed by atoms with Gasteiger partial charge in [-0.25, -0.2) is 9.18 Å². The van der Waals surface area contributed by atoms with Gasteiger partial charge in [0.2, 0.25) is 5.91 Å². The maximum atomic E-state index is 13.5. The zero-order valence-electron chi connectivity index (χ0n) is 17.2. The molecule has 0 fully saturated rings. The van der Waals surface area contributed by atoms with Crippen molar-refractivity contribution in [1.82, 2.24) is 20.4 Å². The second-order valence-corrected chi connectivity index (χ2v) is 7.16. The molecule has 7 heteroatoms. The van der Waals surface area contributed by atoms with Crippen LogP contribution in [0.1, 0.15) is 23.6 Å². The van der Waals surface area contributed by atoms with Crippen molar-refractivity contribution in [3.05, 3.63) is 71.5 Å². The Morgan fingerprint density at radius 2 is 1.72 bits per heavy atom. The van der Waals surface area contributed by atoms with Gasteiger partial charge in [0.05, 0.1) is 6.04 Å². The van der Waals surface area contributed by atoms with E-state index in [1.54, 1.807) is 18.0 Å². The first-order chi connectivity index (χ1) is 13.9. The summed E-state index contributed by atoms with van der Waals surface area (Å²) in [6, 6.07) is 15.7. The number of urea groups is 1. The van der Waals surface area contributed by atoms with Crippen LogP contribution in [0, 0.1) is 5.82 Å². The highest BCUT2D eigenvalue weighted by molar-refractivity contribution is 5.78. The summed E-state index contributed by atoms with van der Waals surface area (Å²) in [7, 11) is 5.47. The number of benzene rings is 2. The predicted octanol–water partition coefficient (Wildman–Crippen LogP) is 2.78. The summed E-state index contributed by atoms with van der Waals surface area (Å²) in [5.41, 5.74) is 1.83. The Bertz CT molecular complexity index is 798. The van der Waals surface area contributed by atoms with Crippen LogP contribution in [0.25, 0.3) is 0 Å². The molecule has 0 bridgehead atoms. The molecule has 2 aromatic rings. The molecule has 0 radical (unpaired) electrons. The van der Waals surface area contributed by atoms with Gasteiger partial charge in [-0.1, -0.05) is 42.5 Å². The van der Waals surface area contributed by atoms with E-state index in [9.17, 15) is 14.0 Å². The van der Waals surface area contributed by atoms with Crippen LogP contribution in [0.4, 0.5) is 9.18 Å². The molecule has 0 spiro atoms. The monoisotopic (exact) mass is 400 g/mol. The van der Waals surface area contributed by atoms with Crippen molar-refractivity contribution < 1.29 is 14.0 Å². The molecule has 0 aliphatic heterocycles. The molecule has 2 aromatic carbocycles. The van der Waals surface area contributed by atoms with E-state index in [1.165, 1.54) is 12.1 Å². The highest BCUT2D eigenvalue weighted by Crippen LogP contribution is 2.18. The number of amides is 3. The van der Waals surface area contributed by atoms with E-state index in [2.05, 4.69) is 10.6 Å². The summed E-state index contributed by atoms with van der Waals surface area (Å²) in [6.07, 6.45) is 0.175. The largest absolute Gasteiger partial charge is 0.354 e. The van der Waals surface area contributed by atoms with E-state index in [4.69, 9.17) is 0 Å². The SMILES string of the molecule is CN(Cc1ccccc1)C(=O)NCCC(=O)NCC(c1cccc(F)c1)N(C)C. The lowest BCUT2D eigenvalue weighted by Crippen LogP contribution is -2.39. The Morgan fingerprint density at radius 1 is 1.00 bits per heavy atom. The molecule has 0 saturated heterocycles. The van der Waals surface area contributed by atoms with Crippen LogP contribution in [-0.2, 0) is 11.3 Å². The number of nitrogens with one attached hydrogen (secondary N) is 2. The lowest BCUT2D eigenvalue weighted by Gasteiger charge is -2.25. The van der Waals surface area contributed by atoms with Crippen molar-refractivity contribution in [2.75, 3.05) is 34.2 Å². The second kappa shape index (κ2) is 11.2. The summed E-state index contributed by atoms with van der Waals surface area (Å²) >= 11 is 0. The molecule has 0 aliphatic carbocycles. The van der Waals surface area contributed by atoms with Crippen molar-refractivity contribution in [2.45, 2.75) is 19.0 Å². The zero-order chi connectivity index (χ0) is 21.2. The van der Waals surface area contributed by atoms with E-state index in [0.717, 1.165) is 11.1 Å². The third-order valence-electron chi connectivity index (χ3n) is 4.59. The van der Waals surface area contributed by atoms with Gasteiger partial charge in [0.1, 0.15) is 5.82 Å². The zero-order valence-corrected chi connectivity index (χ0v) is 17.2. The number of rotatable bonds is 9. The van der Waals surface area contributed by atoms with Gasteiger partial charge in [0.15, 0.2) is 0 Å². The van der Waals surface area contributed by atoms with Gasteiger partial charge in [-0.3, -0.25) is 4.79 Å². The van der Waals surface area contributed by atoms with Crippen LogP contribution < -0.4 is 10.6 Å². The first kappa shape index (κ1) is 22.4. The number of likely N-dealkylation sites (N-methyl/N-ethyl adjacent to an activating group) is 1. The fraction of sp³-hybridized carbons (Fsp3) is 0.364. The first-order valence-corrected chi connectivity index (χ1v) is 9.58. The Labute approximate surface area is 171 Å². The summed E-state index contributed by atoms with van der Waals surface area (Å²) < 4.78 is 13.5. The topological polar surface area (TPSA) is 64.7 Å². The molecule has 0 aliphatic rings. The average molecular weight is 400 g/mol. The Hall–Kier alpha value is -2.93. The van der Waals surface area contributed by atoms with Gasteiger partial charge in [-0.15, -0.1) is 0 Å².